The van der Waals surface area contributed by atoms with Gasteiger partial charge in [0, 0.05) is 5.56 Å². The third-order valence-corrected chi connectivity index (χ3v) is 2.66. The molecule has 2 aromatic rings. The van der Waals surface area contributed by atoms with Gasteiger partial charge < -0.3 is 4.74 Å². The SMILES string of the molecule is COc1ccc(F)c(C(=O)C(=O)c2ccccc2)c1. The minimum absolute atomic E-state index is 0.231. The maximum atomic E-state index is 13.6. The first-order chi connectivity index (χ1) is 9.13. The van der Waals surface area contributed by atoms with E-state index in [4.69, 9.17) is 4.74 Å². The zero-order valence-corrected chi connectivity index (χ0v) is 10.2. The molecular weight excluding hydrogens is 247 g/mol. The molecule has 19 heavy (non-hydrogen) atoms. The topological polar surface area (TPSA) is 43.4 Å². The maximum Gasteiger partial charge on any atom is 0.236 e. The minimum atomic E-state index is -0.886. The average Bonchev–Trinajstić information content (AvgIpc) is 2.47. The molecule has 0 heterocycles. The Balaban J connectivity index is 2.37. The van der Waals surface area contributed by atoms with Crippen LogP contribution in [0.15, 0.2) is 48.5 Å². The third kappa shape index (κ3) is 2.68. The number of rotatable bonds is 4. The molecule has 96 valence electrons. The summed E-state index contributed by atoms with van der Waals surface area (Å²) in [4.78, 5) is 23.9. The van der Waals surface area contributed by atoms with Crippen molar-refractivity contribution in [3.63, 3.8) is 0 Å². The summed E-state index contributed by atoms with van der Waals surface area (Å²) >= 11 is 0. The fourth-order valence-corrected chi connectivity index (χ4v) is 1.65. The van der Waals surface area contributed by atoms with Crippen molar-refractivity contribution in [2.45, 2.75) is 0 Å². The predicted octanol–water partition coefficient (Wildman–Crippen LogP) is 2.90. The second-order valence-corrected chi connectivity index (χ2v) is 3.87. The molecule has 0 aliphatic carbocycles. The Hall–Kier alpha value is -2.49. The highest BCUT2D eigenvalue weighted by Crippen LogP contribution is 2.18. The summed E-state index contributed by atoms with van der Waals surface area (Å²) in [7, 11) is 1.40. The Morgan fingerprint density at radius 3 is 2.32 bits per heavy atom. The van der Waals surface area contributed by atoms with Gasteiger partial charge in [0.25, 0.3) is 0 Å². The van der Waals surface area contributed by atoms with E-state index < -0.39 is 17.4 Å². The lowest BCUT2D eigenvalue weighted by molar-refractivity contribution is 0.0814. The van der Waals surface area contributed by atoms with Gasteiger partial charge in [-0.05, 0) is 18.2 Å². The van der Waals surface area contributed by atoms with Gasteiger partial charge in [0.1, 0.15) is 11.6 Å². The van der Waals surface area contributed by atoms with E-state index in [2.05, 4.69) is 0 Å². The zero-order valence-electron chi connectivity index (χ0n) is 10.2. The summed E-state index contributed by atoms with van der Waals surface area (Å²) in [6, 6.07) is 11.7. The minimum Gasteiger partial charge on any atom is -0.497 e. The van der Waals surface area contributed by atoms with Gasteiger partial charge in [0.2, 0.25) is 11.6 Å². The fraction of sp³-hybridized carbons (Fsp3) is 0.0667. The van der Waals surface area contributed by atoms with Crippen molar-refractivity contribution in [3.05, 3.63) is 65.5 Å². The van der Waals surface area contributed by atoms with Gasteiger partial charge in [-0.1, -0.05) is 30.3 Å². The fourth-order valence-electron chi connectivity index (χ4n) is 1.65. The highest BCUT2D eigenvalue weighted by molar-refractivity contribution is 6.49. The zero-order chi connectivity index (χ0) is 13.8. The predicted molar refractivity (Wildman–Crippen MR) is 68.1 cm³/mol. The van der Waals surface area contributed by atoms with E-state index >= 15 is 0 Å². The number of hydrogen-bond acceptors (Lipinski definition) is 3. The molecule has 0 spiro atoms. The van der Waals surface area contributed by atoms with Crippen LogP contribution in [-0.4, -0.2) is 18.7 Å². The molecule has 0 bridgehead atoms. The molecule has 0 N–H and O–H groups in total. The molecule has 3 nitrogen and oxygen atoms in total. The van der Waals surface area contributed by atoms with Crippen LogP contribution in [0.4, 0.5) is 4.39 Å². The van der Waals surface area contributed by atoms with E-state index in [1.165, 1.54) is 31.4 Å². The van der Waals surface area contributed by atoms with Gasteiger partial charge in [-0.2, -0.15) is 0 Å². The quantitative estimate of drug-likeness (QED) is 0.625. The van der Waals surface area contributed by atoms with Crippen LogP contribution < -0.4 is 4.74 Å². The highest BCUT2D eigenvalue weighted by Gasteiger charge is 2.21. The number of carbonyl (C=O) groups is 2. The molecule has 0 aromatic heterocycles. The lowest BCUT2D eigenvalue weighted by Gasteiger charge is -2.05. The van der Waals surface area contributed by atoms with Crippen molar-refractivity contribution in [3.8, 4) is 5.75 Å². The lowest BCUT2D eigenvalue weighted by atomic mass is 10.0. The number of ether oxygens (including phenoxy) is 1. The van der Waals surface area contributed by atoms with Crippen LogP contribution in [0.5, 0.6) is 5.75 Å². The van der Waals surface area contributed by atoms with Gasteiger partial charge in [0.15, 0.2) is 0 Å². The Kier molecular flexibility index (Phi) is 3.71. The Labute approximate surface area is 109 Å². The summed E-state index contributed by atoms with van der Waals surface area (Å²) in [5, 5.41) is 0. The summed E-state index contributed by atoms with van der Waals surface area (Å²) in [5.41, 5.74) is -0.0528. The van der Waals surface area contributed by atoms with Crippen molar-refractivity contribution in [2.24, 2.45) is 0 Å². The van der Waals surface area contributed by atoms with Crippen LogP contribution >= 0.6 is 0 Å². The van der Waals surface area contributed by atoms with Crippen molar-refractivity contribution in [2.75, 3.05) is 7.11 Å². The number of hydrogen-bond donors (Lipinski definition) is 0. The van der Waals surface area contributed by atoms with E-state index in [0.717, 1.165) is 6.07 Å². The molecule has 2 aromatic carbocycles. The van der Waals surface area contributed by atoms with E-state index in [0.29, 0.717) is 5.75 Å². The standard InChI is InChI=1S/C15H11FO3/c1-19-11-7-8-13(16)12(9-11)15(18)14(17)10-5-3-2-4-6-10/h2-9H,1H3. The number of carbonyl (C=O) groups excluding carboxylic acids is 2. The second kappa shape index (κ2) is 5.44. The summed E-state index contributed by atoms with van der Waals surface area (Å²) in [6.07, 6.45) is 0. The molecular formula is C15H11FO3. The van der Waals surface area contributed by atoms with Crippen molar-refractivity contribution in [1.29, 1.82) is 0 Å². The molecule has 0 saturated carbocycles. The number of halogens is 1. The van der Waals surface area contributed by atoms with Gasteiger partial charge in [-0.25, -0.2) is 4.39 Å². The first-order valence-corrected chi connectivity index (χ1v) is 5.61. The van der Waals surface area contributed by atoms with Crippen molar-refractivity contribution in [1.82, 2.24) is 0 Å². The number of ketones is 2. The molecule has 4 heteroatoms. The molecule has 0 radical (unpaired) electrons. The van der Waals surface area contributed by atoms with Crippen LogP contribution in [0.25, 0.3) is 0 Å². The van der Waals surface area contributed by atoms with Gasteiger partial charge in [-0.15, -0.1) is 0 Å². The summed E-state index contributed by atoms with van der Waals surface area (Å²) in [5.74, 6) is -2.05. The molecule has 2 rings (SSSR count). The maximum absolute atomic E-state index is 13.6. The van der Waals surface area contributed by atoms with E-state index in [1.54, 1.807) is 18.2 Å². The van der Waals surface area contributed by atoms with Crippen LogP contribution in [0.1, 0.15) is 20.7 Å². The highest BCUT2D eigenvalue weighted by atomic mass is 19.1. The molecule has 0 fully saturated rings. The monoisotopic (exact) mass is 258 g/mol. The first-order valence-electron chi connectivity index (χ1n) is 5.61. The second-order valence-electron chi connectivity index (χ2n) is 3.87. The van der Waals surface area contributed by atoms with Gasteiger partial charge >= 0.3 is 0 Å². The lowest BCUT2D eigenvalue weighted by Crippen LogP contribution is -2.16. The van der Waals surface area contributed by atoms with Gasteiger partial charge in [-0.3, -0.25) is 9.59 Å². The first kappa shape index (κ1) is 13.0. The van der Waals surface area contributed by atoms with E-state index in [-0.39, 0.29) is 11.1 Å². The molecule has 0 unspecified atom stereocenters. The van der Waals surface area contributed by atoms with E-state index in [9.17, 15) is 14.0 Å². The Morgan fingerprint density at radius 1 is 1.00 bits per heavy atom. The summed E-state index contributed by atoms with van der Waals surface area (Å²) in [6.45, 7) is 0. The van der Waals surface area contributed by atoms with Crippen LogP contribution in [0, 0.1) is 5.82 Å². The smallest absolute Gasteiger partial charge is 0.236 e. The van der Waals surface area contributed by atoms with Crippen LogP contribution in [-0.2, 0) is 0 Å². The third-order valence-electron chi connectivity index (χ3n) is 2.66. The van der Waals surface area contributed by atoms with Crippen molar-refractivity contribution >= 4 is 11.6 Å². The molecule has 0 aliphatic heterocycles. The number of Topliss-reactive ketones (excluding diaryl/α,β-unsaturated/α-hetero) is 2. The normalized spacial score (nSPS) is 10.0. The van der Waals surface area contributed by atoms with Crippen LogP contribution in [0.2, 0.25) is 0 Å². The molecule has 0 atom stereocenters. The number of methoxy groups -OCH3 is 1. The molecule has 0 saturated heterocycles. The Bertz CT molecular complexity index is 621. The van der Waals surface area contributed by atoms with Crippen LogP contribution in [0.3, 0.4) is 0 Å². The van der Waals surface area contributed by atoms with E-state index in [1.807, 2.05) is 0 Å². The number of benzene rings is 2. The van der Waals surface area contributed by atoms with Gasteiger partial charge in [0.05, 0.1) is 12.7 Å². The molecule has 0 aliphatic rings. The molecule has 0 amide bonds. The summed E-state index contributed by atoms with van der Waals surface area (Å²) < 4.78 is 18.5. The largest absolute Gasteiger partial charge is 0.497 e. The average molecular weight is 258 g/mol. The van der Waals surface area contributed by atoms with Crippen molar-refractivity contribution < 1.29 is 18.7 Å². The Morgan fingerprint density at radius 2 is 1.68 bits per heavy atom.